The van der Waals surface area contributed by atoms with Gasteiger partial charge in [0.05, 0.1) is 0 Å². The maximum atomic E-state index is 13.0. The molecule has 0 aliphatic carbocycles. The zero-order valence-corrected chi connectivity index (χ0v) is 12.4. The molecule has 2 aliphatic heterocycles. The van der Waals surface area contributed by atoms with Gasteiger partial charge in [-0.2, -0.15) is 0 Å². The van der Waals surface area contributed by atoms with E-state index >= 15 is 0 Å². The van der Waals surface area contributed by atoms with Crippen LogP contribution in [-0.2, 0) is 0 Å². The summed E-state index contributed by atoms with van der Waals surface area (Å²) in [5.74, 6) is -0.161. The van der Waals surface area contributed by atoms with Gasteiger partial charge >= 0.3 is 0 Å². The van der Waals surface area contributed by atoms with Crippen molar-refractivity contribution in [2.24, 2.45) is 0 Å². The third kappa shape index (κ3) is 2.96. The van der Waals surface area contributed by atoms with Crippen LogP contribution in [0.1, 0.15) is 20.3 Å². The van der Waals surface area contributed by atoms with Crippen LogP contribution in [0.4, 0.5) is 10.1 Å². The highest BCUT2D eigenvalue weighted by Gasteiger charge is 2.34. The first-order valence-electron chi connectivity index (χ1n) is 7.53. The number of hydrogen-bond donors (Lipinski definition) is 1. The second kappa shape index (κ2) is 5.34. The van der Waals surface area contributed by atoms with Crippen LogP contribution in [0, 0.1) is 5.82 Å². The number of rotatable bonds is 2. The molecule has 0 amide bonds. The van der Waals surface area contributed by atoms with Crippen LogP contribution in [0.2, 0.25) is 0 Å². The van der Waals surface area contributed by atoms with Crippen LogP contribution in [0.3, 0.4) is 0 Å². The molecule has 1 aromatic carbocycles. The normalized spacial score (nSPS) is 26.9. The fourth-order valence-corrected chi connectivity index (χ4v) is 3.38. The minimum atomic E-state index is -0.161. The molecule has 0 aromatic heterocycles. The summed E-state index contributed by atoms with van der Waals surface area (Å²) in [6.45, 7) is 9.91. The van der Waals surface area contributed by atoms with Gasteiger partial charge in [-0.05, 0) is 44.5 Å². The van der Waals surface area contributed by atoms with E-state index in [9.17, 15) is 4.39 Å². The Morgan fingerprint density at radius 3 is 2.30 bits per heavy atom. The molecule has 0 radical (unpaired) electrons. The van der Waals surface area contributed by atoms with Gasteiger partial charge in [0.15, 0.2) is 0 Å². The minimum Gasteiger partial charge on any atom is -0.369 e. The van der Waals surface area contributed by atoms with Crippen molar-refractivity contribution in [1.29, 1.82) is 0 Å². The van der Waals surface area contributed by atoms with Gasteiger partial charge in [0.1, 0.15) is 5.82 Å². The van der Waals surface area contributed by atoms with Gasteiger partial charge in [0, 0.05) is 50.0 Å². The number of nitrogens with zero attached hydrogens (tertiary/aromatic N) is 2. The molecule has 110 valence electrons. The van der Waals surface area contributed by atoms with Crippen LogP contribution in [0.25, 0.3) is 0 Å². The molecule has 3 nitrogen and oxygen atoms in total. The highest BCUT2D eigenvalue weighted by atomic mass is 19.1. The summed E-state index contributed by atoms with van der Waals surface area (Å²) >= 11 is 0. The second-order valence-electron chi connectivity index (χ2n) is 6.62. The molecule has 1 aromatic rings. The predicted octanol–water partition coefficient (Wildman–Crippen LogP) is 2.09. The third-order valence-electron chi connectivity index (χ3n) is 4.58. The molecular formula is C16H24FN3. The van der Waals surface area contributed by atoms with Crippen molar-refractivity contribution in [1.82, 2.24) is 10.2 Å². The SMILES string of the molecule is CC1(C)CC(N2CCN(c3ccc(F)cc3)CC2)CN1. The molecule has 4 heteroatoms. The van der Waals surface area contributed by atoms with Gasteiger partial charge < -0.3 is 10.2 Å². The number of piperazine rings is 1. The maximum Gasteiger partial charge on any atom is 0.123 e. The summed E-state index contributed by atoms with van der Waals surface area (Å²) in [5, 5.41) is 3.60. The van der Waals surface area contributed by atoms with Crippen LogP contribution in [-0.4, -0.2) is 49.2 Å². The summed E-state index contributed by atoms with van der Waals surface area (Å²) in [5.41, 5.74) is 1.41. The molecule has 20 heavy (non-hydrogen) atoms. The molecule has 3 rings (SSSR count). The summed E-state index contributed by atoms with van der Waals surface area (Å²) in [7, 11) is 0. The van der Waals surface area contributed by atoms with Gasteiger partial charge in [-0.1, -0.05) is 0 Å². The van der Waals surface area contributed by atoms with Crippen molar-refractivity contribution in [3.8, 4) is 0 Å². The standard InChI is InChI=1S/C16H24FN3/c1-16(2)11-15(12-18-16)20-9-7-19(8-10-20)14-5-3-13(17)4-6-14/h3-6,15,18H,7-12H2,1-2H3. The molecule has 0 spiro atoms. The van der Waals surface area contributed by atoms with Crippen LogP contribution in [0.15, 0.2) is 24.3 Å². The second-order valence-corrected chi connectivity index (χ2v) is 6.62. The smallest absolute Gasteiger partial charge is 0.123 e. The molecule has 1 unspecified atom stereocenters. The van der Waals surface area contributed by atoms with Gasteiger partial charge in [-0.3, -0.25) is 4.90 Å². The summed E-state index contributed by atoms with van der Waals surface area (Å²) in [4.78, 5) is 4.95. The third-order valence-corrected chi connectivity index (χ3v) is 4.58. The largest absolute Gasteiger partial charge is 0.369 e. The van der Waals surface area contributed by atoms with Gasteiger partial charge in [-0.15, -0.1) is 0 Å². The van der Waals surface area contributed by atoms with Crippen molar-refractivity contribution in [3.05, 3.63) is 30.1 Å². The van der Waals surface area contributed by atoms with E-state index in [0.717, 1.165) is 38.4 Å². The maximum absolute atomic E-state index is 13.0. The average Bonchev–Trinajstić information content (AvgIpc) is 2.80. The Hall–Kier alpha value is -1.13. The van der Waals surface area contributed by atoms with E-state index in [0.29, 0.717) is 6.04 Å². The molecule has 1 atom stereocenters. The lowest BCUT2D eigenvalue weighted by Crippen LogP contribution is -2.51. The van der Waals surface area contributed by atoms with E-state index in [-0.39, 0.29) is 11.4 Å². The summed E-state index contributed by atoms with van der Waals surface area (Å²) in [6, 6.07) is 7.52. The van der Waals surface area contributed by atoms with Crippen LogP contribution < -0.4 is 10.2 Å². The number of benzene rings is 1. The monoisotopic (exact) mass is 277 g/mol. The van der Waals surface area contributed by atoms with Crippen LogP contribution in [0.5, 0.6) is 0 Å². The molecular weight excluding hydrogens is 253 g/mol. The Balaban J connectivity index is 1.56. The minimum absolute atomic E-state index is 0.161. The first-order chi connectivity index (χ1) is 9.53. The predicted molar refractivity (Wildman–Crippen MR) is 80.7 cm³/mol. The molecule has 2 heterocycles. The van der Waals surface area contributed by atoms with E-state index < -0.39 is 0 Å². The molecule has 1 N–H and O–H groups in total. The Morgan fingerprint density at radius 1 is 1.10 bits per heavy atom. The molecule has 2 saturated heterocycles. The first kappa shape index (κ1) is 13.8. The topological polar surface area (TPSA) is 18.5 Å². The fraction of sp³-hybridized carbons (Fsp3) is 0.625. The summed E-state index contributed by atoms with van der Waals surface area (Å²) in [6.07, 6.45) is 1.23. The fourth-order valence-electron chi connectivity index (χ4n) is 3.38. The Morgan fingerprint density at radius 2 is 1.75 bits per heavy atom. The molecule has 0 bridgehead atoms. The molecule has 2 aliphatic rings. The molecule has 0 saturated carbocycles. The van der Waals surface area contributed by atoms with Gasteiger partial charge in [-0.25, -0.2) is 4.39 Å². The average molecular weight is 277 g/mol. The highest BCUT2D eigenvalue weighted by molar-refractivity contribution is 5.46. The first-order valence-corrected chi connectivity index (χ1v) is 7.53. The lowest BCUT2D eigenvalue weighted by Gasteiger charge is -2.39. The zero-order valence-electron chi connectivity index (χ0n) is 12.4. The van der Waals surface area contributed by atoms with Crippen molar-refractivity contribution in [3.63, 3.8) is 0 Å². The van der Waals surface area contributed by atoms with E-state index in [1.54, 1.807) is 12.1 Å². The van der Waals surface area contributed by atoms with Crippen molar-refractivity contribution < 1.29 is 4.39 Å². The highest BCUT2D eigenvalue weighted by Crippen LogP contribution is 2.24. The Bertz CT molecular complexity index is 449. The van der Waals surface area contributed by atoms with E-state index in [4.69, 9.17) is 0 Å². The van der Waals surface area contributed by atoms with Crippen molar-refractivity contribution >= 4 is 5.69 Å². The quantitative estimate of drug-likeness (QED) is 0.893. The van der Waals surface area contributed by atoms with Crippen molar-refractivity contribution in [2.45, 2.75) is 31.8 Å². The lowest BCUT2D eigenvalue weighted by atomic mass is 10.0. The Labute approximate surface area is 120 Å². The van der Waals surface area contributed by atoms with Gasteiger partial charge in [0.2, 0.25) is 0 Å². The number of anilines is 1. The Kier molecular flexibility index (Phi) is 3.69. The number of halogens is 1. The number of nitrogens with one attached hydrogen (secondary N) is 1. The van der Waals surface area contributed by atoms with E-state index in [1.807, 2.05) is 12.1 Å². The van der Waals surface area contributed by atoms with E-state index in [1.165, 1.54) is 6.42 Å². The molecule has 2 fully saturated rings. The lowest BCUT2D eigenvalue weighted by molar-refractivity contribution is 0.191. The number of hydrogen-bond acceptors (Lipinski definition) is 3. The van der Waals surface area contributed by atoms with Crippen LogP contribution >= 0.6 is 0 Å². The zero-order chi connectivity index (χ0) is 14.2. The summed E-state index contributed by atoms with van der Waals surface area (Å²) < 4.78 is 13.0. The van der Waals surface area contributed by atoms with Crippen molar-refractivity contribution in [2.75, 3.05) is 37.6 Å². The van der Waals surface area contributed by atoms with Gasteiger partial charge in [0.25, 0.3) is 0 Å². The van der Waals surface area contributed by atoms with E-state index in [2.05, 4.69) is 29.0 Å².